The largest absolute Gasteiger partial charge is 0.300 e. The molecule has 6 heteroatoms. The lowest BCUT2D eigenvalue weighted by molar-refractivity contribution is -0.113. The summed E-state index contributed by atoms with van der Waals surface area (Å²) in [6, 6.07) is 8.16. The molecule has 0 saturated carbocycles. The Morgan fingerprint density at radius 1 is 1.23 bits per heavy atom. The highest BCUT2D eigenvalue weighted by molar-refractivity contribution is 8.00. The number of rotatable bonds is 7. The number of amides is 1. The molecular weight excluding hydrogens is 314 g/mol. The van der Waals surface area contributed by atoms with Gasteiger partial charge < -0.3 is 0 Å². The van der Waals surface area contributed by atoms with E-state index in [1.54, 1.807) is 0 Å². The van der Waals surface area contributed by atoms with Crippen molar-refractivity contribution in [2.45, 2.75) is 44.4 Å². The third-order valence-corrected chi connectivity index (χ3v) is 5.43. The molecule has 2 aromatic rings. The molecule has 4 nitrogen and oxygen atoms in total. The quantitative estimate of drug-likeness (QED) is 0.758. The smallest absolute Gasteiger partial charge is 0.236 e. The van der Waals surface area contributed by atoms with Crippen LogP contribution in [0.2, 0.25) is 0 Å². The molecule has 22 heavy (non-hydrogen) atoms. The fraction of sp³-hybridized carbons (Fsp3) is 0.438. The Balaban J connectivity index is 1.85. The highest BCUT2D eigenvalue weighted by Crippen LogP contribution is 2.28. The summed E-state index contributed by atoms with van der Waals surface area (Å²) in [5.74, 6) is 0.770. The highest BCUT2D eigenvalue weighted by Gasteiger charge is 2.14. The Morgan fingerprint density at radius 3 is 2.55 bits per heavy atom. The van der Waals surface area contributed by atoms with Crippen molar-refractivity contribution >= 4 is 34.1 Å². The fourth-order valence-electron chi connectivity index (χ4n) is 2.03. The number of nitrogens with one attached hydrogen (secondary N) is 1. The first kappa shape index (κ1) is 17.0. The van der Waals surface area contributed by atoms with E-state index in [1.165, 1.54) is 28.7 Å². The van der Waals surface area contributed by atoms with E-state index >= 15 is 0 Å². The van der Waals surface area contributed by atoms with Gasteiger partial charge in [0.1, 0.15) is 5.01 Å². The molecule has 1 N–H and O–H groups in total. The summed E-state index contributed by atoms with van der Waals surface area (Å²) in [7, 11) is 0. The molecule has 1 amide bonds. The van der Waals surface area contributed by atoms with E-state index in [-0.39, 0.29) is 5.91 Å². The van der Waals surface area contributed by atoms with Crippen LogP contribution in [0.5, 0.6) is 0 Å². The molecule has 1 aromatic carbocycles. The SMILES string of the molecule is CCC(CC)c1nnc(NC(=O)CSc2ccc(C)cc2)s1. The van der Waals surface area contributed by atoms with Gasteiger partial charge in [0.2, 0.25) is 11.0 Å². The van der Waals surface area contributed by atoms with Crippen LogP contribution in [0.4, 0.5) is 5.13 Å². The van der Waals surface area contributed by atoms with Crippen molar-refractivity contribution in [3.05, 3.63) is 34.8 Å². The summed E-state index contributed by atoms with van der Waals surface area (Å²) in [4.78, 5) is 13.1. The highest BCUT2D eigenvalue weighted by atomic mass is 32.2. The van der Waals surface area contributed by atoms with Gasteiger partial charge >= 0.3 is 0 Å². The topological polar surface area (TPSA) is 54.9 Å². The van der Waals surface area contributed by atoms with Crippen molar-refractivity contribution in [1.82, 2.24) is 10.2 Å². The van der Waals surface area contributed by atoms with Crippen molar-refractivity contribution < 1.29 is 4.79 Å². The number of aromatic nitrogens is 2. The Kier molecular flexibility index (Phi) is 6.39. The summed E-state index contributed by atoms with van der Waals surface area (Å²) in [6.45, 7) is 6.34. The lowest BCUT2D eigenvalue weighted by Crippen LogP contribution is -2.13. The van der Waals surface area contributed by atoms with Crippen LogP contribution in [-0.4, -0.2) is 21.9 Å². The predicted octanol–water partition coefficient (Wildman–Crippen LogP) is 4.48. The van der Waals surface area contributed by atoms with E-state index in [2.05, 4.69) is 29.4 Å². The van der Waals surface area contributed by atoms with Crippen LogP contribution in [0.3, 0.4) is 0 Å². The zero-order valence-corrected chi connectivity index (χ0v) is 14.8. The second-order valence-electron chi connectivity index (χ2n) is 5.11. The van der Waals surface area contributed by atoms with Crippen molar-refractivity contribution in [3.8, 4) is 0 Å². The van der Waals surface area contributed by atoms with Gasteiger partial charge in [-0.05, 0) is 31.9 Å². The average molecular weight is 335 g/mol. The van der Waals surface area contributed by atoms with Crippen LogP contribution in [0, 0.1) is 6.92 Å². The minimum absolute atomic E-state index is 0.0437. The molecule has 0 atom stereocenters. The van der Waals surface area contributed by atoms with E-state index in [0.717, 1.165) is 22.7 Å². The first-order valence-corrected chi connectivity index (χ1v) is 9.25. The molecular formula is C16H21N3OS2. The predicted molar refractivity (Wildman–Crippen MR) is 93.8 cm³/mol. The monoisotopic (exact) mass is 335 g/mol. The molecule has 0 radical (unpaired) electrons. The van der Waals surface area contributed by atoms with Crippen molar-refractivity contribution in [3.63, 3.8) is 0 Å². The lowest BCUT2D eigenvalue weighted by Gasteiger charge is -2.05. The number of thioether (sulfide) groups is 1. The van der Waals surface area contributed by atoms with Crippen LogP contribution in [0.25, 0.3) is 0 Å². The van der Waals surface area contributed by atoms with E-state index in [4.69, 9.17) is 0 Å². The van der Waals surface area contributed by atoms with E-state index in [9.17, 15) is 4.79 Å². The van der Waals surface area contributed by atoms with Crippen molar-refractivity contribution in [1.29, 1.82) is 0 Å². The summed E-state index contributed by atoms with van der Waals surface area (Å²) in [5.41, 5.74) is 1.22. The minimum atomic E-state index is -0.0437. The van der Waals surface area contributed by atoms with Gasteiger partial charge in [-0.1, -0.05) is 42.9 Å². The first-order valence-electron chi connectivity index (χ1n) is 7.45. The maximum atomic E-state index is 12.0. The zero-order valence-electron chi connectivity index (χ0n) is 13.1. The molecule has 0 saturated heterocycles. The molecule has 0 bridgehead atoms. The Morgan fingerprint density at radius 2 is 1.91 bits per heavy atom. The number of nitrogens with zero attached hydrogens (tertiary/aromatic N) is 2. The molecule has 0 spiro atoms. The van der Waals surface area contributed by atoms with Gasteiger partial charge in [0, 0.05) is 10.8 Å². The van der Waals surface area contributed by atoms with Crippen LogP contribution in [0.15, 0.2) is 29.2 Å². The molecule has 0 fully saturated rings. The molecule has 1 aromatic heterocycles. The summed E-state index contributed by atoms with van der Waals surface area (Å²) in [6.07, 6.45) is 2.09. The van der Waals surface area contributed by atoms with Crippen molar-refractivity contribution in [2.75, 3.05) is 11.1 Å². The minimum Gasteiger partial charge on any atom is -0.300 e. The van der Waals surface area contributed by atoms with Crippen LogP contribution >= 0.6 is 23.1 Å². The number of carbonyl (C=O) groups excluding carboxylic acids is 1. The zero-order chi connectivity index (χ0) is 15.9. The molecule has 0 aliphatic carbocycles. The number of hydrogen-bond donors (Lipinski definition) is 1. The lowest BCUT2D eigenvalue weighted by atomic mass is 10.1. The number of carbonyl (C=O) groups is 1. The fourth-order valence-corrected chi connectivity index (χ4v) is 3.75. The molecule has 0 aliphatic heterocycles. The number of aryl methyl sites for hydroxylation is 1. The number of benzene rings is 1. The van der Waals surface area contributed by atoms with Crippen LogP contribution in [0.1, 0.15) is 43.2 Å². The molecule has 2 rings (SSSR count). The van der Waals surface area contributed by atoms with E-state index in [0.29, 0.717) is 16.8 Å². The number of hydrogen-bond acceptors (Lipinski definition) is 5. The normalized spacial score (nSPS) is 10.9. The second kappa shape index (κ2) is 8.29. The van der Waals surface area contributed by atoms with E-state index < -0.39 is 0 Å². The van der Waals surface area contributed by atoms with Gasteiger partial charge in [-0.2, -0.15) is 0 Å². The van der Waals surface area contributed by atoms with Crippen LogP contribution in [-0.2, 0) is 4.79 Å². The third kappa shape index (κ3) is 4.81. The van der Waals surface area contributed by atoms with Gasteiger partial charge in [0.15, 0.2) is 0 Å². The standard InChI is InChI=1S/C16H21N3OS2/c1-4-12(5-2)15-18-19-16(22-15)17-14(20)10-21-13-8-6-11(3)7-9-13/h6-9,12H,4-5,10H2,1-3H3,(H,17,19,20). The Hall–Kier alpha value is -1.40. The Labute approximate surface area is 139 Å². The summed E-state index contributed by atoms with van der Waals surface area (Å²) >= 11 is 3.00. The van der Waals surface area contributed by atoms with Gasteiger partial charge in [-0.15, -0.1) is 22.0 Å². The maximum absolute atomic E-state index is 12.0. The molecule has 0 unspecified atom stereocenters. The molecule has 0 aliphatic rings. The van der Waals surface area contributed by atoms with Gasteiger partial charge in [0.25, 0.3) is 0 Å². The second-order valence-corrected chi connectivity index (χ2v) is 7.17. The van der Waals surface area contributed by atoms with Gasteiger partial charge in [-0.25, -0.2) is 0 Å². The first-order chi connectivity index (χ1) is 10.6. The van der Waals surface area contributed by atoms with E-state index in [1.807, 2.05) is 31.2 Å². The molecule has 118 valence electrons. The number of anilines is 1. The van der Waals surface area contributed by atoms with Gasteiger partial charge in [-0.3, -0.25) is 10.1 Å². The summed E-state index contributed by atoms with van der Waals surface area (Å²) in [5, 5.41) is 12.7. The Bertz CT molecular complexity index is 606. The van der Waals surface area contributed by atoms with Crippen LogP contribution < -0.4 is 5.32 Å². The summed E-state index contributed by atoms with van der Waals surface area (Å²) < 4.78 is 0. The third-order valence-electron chi connectivity index (χ3n) is 3.41. The van der Waals surface area contributed by atoms with Crippen molar-refractivity contribution in [2.24, 2.45) is 0 Å². The van der Waals surface area contributed by atoms with Gasteiger partial charge in [0.05, 0.1) is 5.75 Å². The average Bonchev–Trinajstić information content (AvgIpc) is 2.96. The maximum Gasteiger partial charge on any atom is 0.236 e. The molecule has 1 heterocycles.